The number of Topliss-reactive ketones (excluding diaryl/α,β-unsaturated/α-hetero) is 1. The Balaban J connectivity index is 1.95. The summed E-state index contributed by atoms with van der Waals surface area (Å²) in [6.45, 7) is 4.70. The minimum atomic E-state index is 0.358. The molecule has 3 rings (SSSR count). The SMILES string of the molecule is C/C1=C/C[C@@H]2CCC[C@@]2(C)C[C@H]2C(=O)CC[C@H]12. The summed E-state index contributed by atoms with van der Waals surface area (Å²) < 4.78 is 0. The molecule has 0 radical (unpaired) electrons. The first kappa shape index (κ1) is 11.5. The molecule has 17 heavy (non-hydrogen) atoms. The molecule has 1 nitrogen and oxygen atoms in total. The average molecular weight is 232 g/mol. The van der Waals surface area contributed by atoms with Crippen LogP contribution in [0.25, 0.3) is 0 Å². The van der Waals surface area contributed by atoms with Crippen LogP contribution in [0.1, 0.15) is 58.8 Å². The highest BCUT2D eigenvalue weighted by Crippen LogP contribution is 2.53. The number of hydrogen-bond donors (Lipinski definition) is 0. The second kappa shape index (κ2) is 3.96. The first-order chi connectivity index (χ1) is 8.10. The van der Waals surface area contributed by atoms with Crippen molar-refractivity contribution in [3.8, 4) is 0 Å². The van der Waals surface area contributed by atoms with Crippen molar-refractivity contribution in [1.29, 1.82) is 0 Å². The minimum absolute atomic E-state index is 0.358. The Morgan fingerprint density at radius 3 is 2.94 bits per heavy atom. The zero-order chi connectivity index (χ0) is 12.0. The van der Waals surface area contributed by atoms with E-state index in [1.165, 1.54) is 37.7 Å². The van der Waals surface area contributed by atoms with Crippen LogP contribution in [0.3, 0.4) is 0 Å². The lowest BCUT2D eigenvalue weighted by Gasteiger charge is -2.37. The summed E-state index contributed by atoms with van der Waals surface area (Å²) in [7, 11) is 0. The zero-order valence-electron chi connectivity index (χ0n) is 11.2. The molecule has 0 saturated heterocycles. The van der Waals surface area contributed by atoms with Gasteiger partial charge in [0.05, 0.1) is 0 Å². The number of allylic oxidation sites excluding steroid dienone is 2. The Labute approximate surface area is 105 Å². The van der Waals surface area contributed by atoms with Gasteiger partial charge >= 0.3 is 0 Å². The lowest BCUT2D eigenvalue weighted by atomic mass is 9.67. The summed E-state index contributed by atoms with van der Waals surface area (Å²) in [6.07, 6.45) is 11.0. The van der Waals surface area contributed by atoms with E-state index in [-0.39, 0.29) is 0 Å². The smallest absolute Gasteiger partial charge is 0.136 e. The quantitative estimate of drug-likeness (QED) is 0.574. The highest BCUT2D eigenvalue weighted by molar-refractivity contribution is 5.84. The third-order valence-electron chi connectivity index (χ3n) is 5.88. The van der Waals surface area contributed by atoms with E-state index in [1.807, 2.05) is 0 Å². The second-order valence-electron chi connectivity index (χ2n) is 6.85. The fraction of sp³-hybridized carbons (Fsp3) is 0.812. The van der Waals surface area contributed by atoms with Gasteiger partial charge in [-0.3, -0.25) is 4.79 Å². The highest BCUT2D eigenvalue weighted by atomic mass is 16.1. The standard InChI is InChI=1S/C16H24O/c1-11-5-6-12-4-3-9-16(12,2)10-14-13(11)7-8-15(14)17/h5,12-14H,3-4,6-10H2,1-2H3/b11-5-/t12-,13+,14+,16-/m0/s1. The lowest BCUT2D eigenvalue weighted by Crippen LogP contribution is -2.31. The molecule has 0 aliphatic heterocycles. The topological polar surface area (TPSA) is 17.1 Å². The molecular weight excluding hydrogens is 208 g/mol. The van der Waals surface area contributed by atoms with Crippen molar-refractivity contribution in [2.24, 2.45) is 23.2 Å². The van der Waals surface area contributed by atoms with Crippen LogP contribution in [-0.4, -0.2) is 5.78 Å². The van der Waals surface area contributed by atoms with E-state index in [1.54, 1.807) is 0 Å². The number of carbonyl (C=O) groups excluding carboxylic acids is 1. The van der Waals surface area contributed by atoms with Gasteiger partial charge in [0.1, 0.15) is 5.78 Å². The molecule has 0 amide bonds. The molecule has 0 aromatic rings. The van der Waals surface area contributed by atoms with Crippen molar-refractivity contribution >= 4 is 5.78 Å². The molecule has 0 N–H and O–H groups in total. The highest BCUT2D eigenvalue weighted by Gasteiger charge is 2.46. The van der Waals surface area contributed by atoms with E-state index in [0.29, 0.717) is 23.0 Å². The molecule has 0 bridgehead atoms. The maximum Gasteiger partial charge on any atom is 0.136 e. The van der Waals surface area contributed by atoms with Gasteiger partial charge in [-0.05, 0) is 56.3 Å². The van der Waals surface area contributed by atoms with E-state index in [0.717, 1.165) is 18.8 Å². The number of fused-ring (bicyclic) bond motifs is 2. The summed E-state index contributed by atoms with van der Waals surface area (Å²) in [5, 5.41) is 0. The monoisotopic (exact) mass is 232 g/mol. The Kier molecular flexibility index (Phi) is 2.68. The molecule has 0 aromatic heterocycles. The van der Waals surface area contributed by atoms with Crippen molar-refractivity contribution in [3.63, 3.8) is 0 Å². The van der Waals surface area contributed by atoms with Gasteiger partial charge in [0.2, 0.25) is 0 Å². The van der Waals surface area contributed by atoms with Crippen molar-refractivity contribution in [2.45, 2.75) is 58.8 Å². The van der Waals surface area contributed by atoms with Gasteiger partial charge in [0, 0.05) is 12.3 Å². The molecule has 0 aromatic carbocycles. The Morgan fingerprint density at radius 2 is 2.12 bits per heavy atom. The predicted molar refractivity (Wildman–Crippen MR) is 69.7 cm³/mol. The van der Waals surface area contributed by atoms with Gasteiger partial charge in [-0.15, -0.1) is 0 Å². The number of ketones is 1. The van der Waals surface area contributed by atoms with Crippen LogP contribution in [0.4, 0.5) is 0 Å². The molecule has 0 spiro atoms. The van der Waals surface area contributed by atoms with E-state index in [9.17, 15) is 4.79 Å². The fourth-order valence-electron chi connectivity index (χ4n) is 4.67. The first-order valence-electron chi connectivity index (χ1n) is 7.29. The third kappa shape index (κ3) is 1.78. The van der Waals surface area contributed by atoms with Gasteiger partial charge < -0.3 is 0 Å². The van der Waals surface area contributed by atoms with Crippen molar-refractivity contribution in [2.75, 3.05) is 0 Å². The van der Waals surface area contributed by atoms with E-state index in [4.69, 9.17) is 0 Å². The number of rotatable bonds is 0. The van der Waals surface area contributed by atoms with E-state index < -0.39 is 0 Å². The van der Waals surface area contributed by atoms with Crippen LogP contribution in [0.15, 0.2) is 11.6 Å². The van der Waals surface area contributed by atoms with Crippen LogP contribution in [0, 0.1) is 23.2 Å². The van der Waals surface area contributed by atoms with Gasteiger partial charge in [-0.1, -0.05) is 25.0 Å². The number of carbonyl (C=O) groups is 1. The Bertz CT molecular complexity index is 368. The van der Waals surface area contributed by atoms with Gasteiger partial charge in [0.25, 0.3) is 0 Å². The zero-order valence-corrected chi connectivity index (χ0v) is 11.2. The minimum Gasteiger partial charge on any atom is -0.299 e. The largest absolute Gasteiger partial charge is 0.299 e. The van der Waals surface area contributed by atoms with Crippen molar-refractivity contribution < 1.29 is 4.79 Å². The van der Waals surface area contributed by atoms with Crippen LogP contribution in [0.5, 0.6) is 0 Å². The van der Waals surface area contributed by atoms with Crippen molar-refractivity contribution in [3.05, 3.63) is 11.6 Å². The van der Waals surface area contributed by atoms with Crippen LogP contribution in [0.2, 0.25) is 0 Å². The maximum atomic E-state index is 12.1. The fourth-order valence-corrected chi connectivity index (χ4v) is 4.67. The molecule has 3 aliphatic carbocycles. The van der Waals surface area contributed by atoms with Gasteiger partial charge in [-0.25, -0.2) is 0 Å². The van der Waals surface area contributed by atoms with Crippen LogP contribution >= 0.6 is 0 Å². The van der Waals surface area contributed by atoms with Crippen LogP contribution in [-0.2, 0) is 4.79 Å². The molecule has 4 atom stereocenters. The summed E-state index contributed by atoms with van der Waals surface area (Å²) in [4.78, 5) is 12.1. The third-order valence-corrected chi connectivity index (χ3v) is 5.88. The van der Waals surface area contributed by atoms with Crippen LogP contribution < -0.4 is 0 Å². The normalized spacial score (nSPS) is 48.9. The predicted octanol–water partition coefficient (Wildman–Crippen LogP) is 4.13. The molecule has 94 valence electrons. The van der Waals surface area contributed by atoms with Crippen molar-refractivity contribution in [1.82, 2.24) is 0 Å². The van der Waals surface area contributed by atoms with E-state index >= 15 is 0 Å². The average Bonchev–Trinajstić information content (AvgIpc) is 2.80. The lowest BCUT2D eigenvalue weighted by molar-refractivity contribution is -0.122. The molecule has 2 fully saturated rings. The Morgan fingerprint density at radius 1 is 1.29 bits per heavy atom. The summed E-state index contributed by atoms with van der Waals surface area (Å²) in [5.74, 6) is 2.33. The summed E-state index contributed by atoms with van der Waals surface area (Å²) in [6, 6.07) is 0. The second-order valence-corrected chi connectivity index (χ2v) is 6.85. The van der Waals surface area contributed by atoms with Gasteiger partial charge in [0.15, 0.2) is 0 Å². The summed E-state index contributed by atoms with van der Waals surface area (Å²) in [5.41, 5.74) is 1.97. The van der Waals surface area contributed by atoms with E-state index in [2.05, 4.69) is 19.9 Å². The number of hydrogen-bond acceptors (Lipinski definition) is 1. The van der Waals surface area contributed by atoms with Gasteiger partial charge in [-0.2, -0.15) is 0 Å². The summed E-state index contributed by atoms with van der Waals surface area (Å²) >= 11 is 0. The molecule has 2 saturated carbocycles. The maximum absolute atomic E-state index is 12.1. The molecule has 0 heterocycles. The molecule has 3 aliphatic rings. The molecule has 0 unspecified atom stereocenters. The molecular formula is C16H24O. The first-order valence-corrected chi connectivity index (χ1v) is 7.29. The Hall–Kier alpha value is -0.590. The molecule has 1 heteroatoms.